The summed E-state index contributed by atoms with van der Waals surface area (Å²) in [5.41, 5.74) is -0.750. The summed E-state index contributed by atoms with van der Waals surface area (Å²) in [5, 5.41) is 8.08. The molecular formula is C21H22F4N4O. The van der Waals surface area contributed by atoms with Crippen molar-refractivity contribution in [2.24, 2.45) is 5.41 Å². The number of anilines is 1. The molecule has 160 valence electrons. The van der Waals surface area contributed by atoms with Crippen LogP contribution < -0.4 is 4.90 Å². The number of hydrogen-bond acceptors (Lipinski definition) is 4. The van der Waals surface area contributed by atoms with Crippen molar-refractivity contribution >= 4 is 11.7 Å². The van der Waals surface area contributed by atoms with Gasteiger partial charge in [0.25, 0.3) is 5.92 Å². The van der Waals surface area contributed by atoms with Crippen molar-refractivity contribution < 1.29 is 22.4 Å². The van der Waals surface area contributed by atoms with E-state index in [9.17, 15) is 22.4 Å². The number of carbonyl (C=O) groups is 1. The SMILES string of the molecule is Cc1ccc(N2CCC3(CN(C(=O)Cc4cccc(F)c4F)CCC3(F)F)C2)nn1. The first-order valence-corrected chi connectivity index (χ1v) is 9.85. The van der Waals surface area contributed by atoms with E-state index in [0.29, 0.717) is 12.4 Å². The Morgan fingerprint density at radius 1 is 1.07 bits per heavy atom. The fourth-order valence-electron chi connectivity index (χ4n) is 4.33. The number of halogens is 4. The lowest BCUT2D eigenvalue weighted by molar-refractivity contribution is -0.168. The Kier molecular flexibility index (Phi) is 5.15. The van der Waals surface area contributed by atoms with Gasteiger partial charge in [0.2, 0.25) is 5.91 Å². The highest BCUT2D eigenvalue weighted by atomic mass is 19.3. The van der Waals surface area contributed by atoms with Crippen molar-refractivity contribution in [1.29, 1.82) is 0 Å². The zero-order chi connectivity index (χ0) is 21.5. The minimum Gasteiger partial charge on any atom is -0.354 e. The number of likely N-dealkylation sites (tertiary alicyclic amines) is 1. The highest BCUT2D eigenvalue weighted by Crippen LogP contribution is 2.50. The Hall–Kier alpha value is -2.71. The summed E-state index contributed by atoms with van der Waals surface area (Å²) in [6, 6.07) is 7.15. The molecule has 4 rings (SSSR count). The maximum absolute atomic E-state index is 15.0. The number of alkyl halides is 2. The number of carbonyl (C=O) groups excluding carboxylic acids is 1. The van der Waals surface area contributed by atoms with Crippen LogP contribution in [0.1, 0.15) is 24.1 Å². The maximum Gasteiger partial charge on any atom is 0.258 e. The summed E-state index contributed by atoms with van der Waals surface area (Å²) in [7, 11) is 0. The van der Waals surface area contributed by atoms with E-state index in [1.54, 1.807) is 24.0 Å². The fraction of sp³-hybridized carbons (Fsp3) is 0.476. The van der Waals surface area contributed by atoms with E-state index >= 15 is 0 Å². The normalized spacial score (nSPS) is 23.2. The Balaban J connectivity index is 1.51. The van der Waals surface area contributed by atoms with Gasteiger partial charge in [-0.1, -0.05) is 12.1 Å². The summed E-state index contributed by atoms with van der Waals surface area (Å²) in [4.78, 5) is 15.8. The zero-order valence-corrected chi connectivity index (χ0v) is 16.5. The van der Waals surface area contributed by atoms with Crippen LogP contribution in [0.25, 0.3) is 0 Å². The molecule has 1 aromatic heterocycles. The molecular weight excluding hydrogens is 400 g/mol. The molecule has 0 N–H and O–H groups in total. The van der Waals surface area contributed by atoms with Gasteiger partial charge in [-0.15, -0.1) is 5.10 Å². The molecule has 2 aliphatic heterocycles. The summed E-state index contributed by atoms with van der Waals surface area (Å²) in [6.45, 7) is 1.98. The van der Waals surface area contributed by atoms with Crippen LogP contribution >= 0.6 is 0 Å². The maximum atomic E-state index is 15.0. The van der Waals surface area contributed by atoms with Gasteiger partial charge in [0.15, 0.2) is 17.5 Å². The number of aryl methyl sites for hydroxylation is 1. The van der Waals surface area contributed by atoms with Gasteiger partial charge in [0.1, 0.15) is 0 Å². The number of piperidine rings is 1. The van der Waals surface area contributed by atoms with Crippen LogP contribution in [0.3, 0.4) is 0 Å². The smallest absolute Gasteiger partial charge is 0.258 e. The van der Waals surface area contributed by atoms with Crippen LogP contribution in [-0.2, 0) is 11.2 Å². The fourth-order valence-corrected chi connectivity index (χ4v) is 4.33. The van der Waals surface area contributed by atoms with Crippen molar-refractivity contribution in [3.63, 3.8) is 0 Å². The molecule has 0 radical (unpaired) electrons. The third kappa shape index (κ3) is 3.61. The standard InChI is InChI=1S/C21H22F4N4O/c1-14-5-6-17(27-26-14)28-9-7-20(12-28)13-29(10-8-21(20,24)25)18(30)11-15-3-2-4-16(22)19(15)23/h2-6H,7-13H2,1H3. The van der Waals surface area contributed by atoms with Gasteiger partial charge in [-0.3, -0.25) is 4.79 Å². The van der Waals surface area contributed by atoms with Gasteiger partial charge in [0, 0.05) is 38.2 Å². The average molecular weight is 422 g/mol. The van der Waals surface area contributed by atoms with Crippen molar-refractivity contribution in [3.05, 3.63) is 53.2 Å². The molecule has 3 heterocycles. The highest BCUT2D eigenvalue weighted by Gasteiger charge is 2.60. The van der Waals surface area contributed by atoms with Crippen LogP contribution in [0, 0.1) is 24.0 Å². The third-order valence-corrected chi connectivity index (χ3v) is 6.15. The zero-order valence-electron chi connectivity index (χ0n) is 16.5. The second-order valence-electron chi connectivity index (χ2n) is 8.14. The number of benzene rings is 1. The summed E-state index contributed by atoms with van der Waals surface area (Å²) >= 11 is 0. The van der Waals surface area contributed by atoms with E-state index in [1.165, 1.54) is 17.0 Å². The minimum absolute atomic E-state index is 0.0514. The van der Waals surface area contributed by atoms with Gasteiger partial charge >= 0.3 is 0 Å². The number of hydrogen-bond donors (Lipinski definition) is 0. The van der Waals surface area contributed by atoms with E-state index in [-0.39, 0.29) is 38.0 Å². The van der Waals surface area contributed by atoms with E-state index in [4.69, 9.17) is 0 Å². The van der Waals surface area contributed by atoms with E-state index in [1.807, 2.05) is 0 Å². The monoisotopic (exact) mass is 422 g/mol. The molecule has 2 fully saturated rings. The van der Waals surface area contributed by atoms with Gasteiger partial charge in [-0.2, -0.15) is 5.10 Å². The summed E-state index contributed by atoms with van der Waals surface area (Å²) in [5.74, 6) is -5.01. The Morgan fingerprint density at radius 3 is 2.60 bits per heavy atom. The van der Waals surface area contributed by atoms with Gasteiger partial charge in [-0.25, -0.2) is 17.6 Å². The minimum atomic E-state index is -2.94. The van der Waals surface area contributed by atoms with Crippen molar-refractivity contribution in [1.82, 2.24) is 15.1 Å². The Labute approximate surface area is 171 Å². The van der Waals surface area contributed by atoms with Crippen molar-refractivity contribution in [2.45, 2.75) is 32.1 Å². The van der Waals surface area contributed by atoms with E-state index < -0.39 is 35.3 Å². The lowest BCUT2D eigenvalue weighted by atomic mass is 9.75. The van der Waals surface area contributed by atoms with Crippen LogP contribution in [0.2, 0.25) is 0 Å². The first-order chi connectivity index (χ1) is 14.2. The van der Waals surface area contributed by atoms with Crippen LogP contribution in [-0.4, -0.2) is 53.1 Å². The van der Waals surface area contributed by atoms with Crippen LogP contribution in [0.15, 0.2) is 30.3 Å². The quantitative estimate of drug-likeness (QED) is 0.712. The first-order valence-electron chi connectivity index (χ1n) is 9.85. The molecule has 9 heteroatoms. The van der Waals surface area contributed by atoms with Gasteiger partial charge in [0.05, 0.1) is 17.5 Å². The predicted molar refractivity (Wildman–Crippen MR) is 102 cm³/mol. The molecule has 5 nitrogen and oxygen atoms in total. The predicted octanol–water partition coefficient (Wildman–Crippen LogP) is 3.37. The molecule has 2 aromatic rings. The second-order valence-corrected chi connectivity index (χ2v) is 8.14. The number of amides is 1. The Bertz CT molecular complexity index is 953. The van der Waals surface area contributed by atoms with E-state index in [2.05, 4.69) is 10.2 Å². The Morgan fingerprint density at radius 2 is 1.87 bits per heavy atom. The molecule has 1 unspecified atom stereocenters. The first kappa shape index (κ1) is 20.6. The molecule has 1 atom stereocenters. The average Bonchev–Trinajstić information content (AvgIpc) is 3.14. The second kappa shape index (κ2) is 7.52. The van der Waals surface area contributed by atoms with Gasteiger partial charge in [-0.05, 0) is 31.5 Å². The molecule has 30 heavy (non-hydrogen) atoms. The van der Waals surface area contributed by atoms with Gasteiger partial charge < -0.3 is 9.80 Å². The molecule has 0 saturated carbocycles. The number of aromatic nitrogens is 2. The number of nitrogens with zero attached hydrogens (tertiary/aromatic N) is 4. The van der Waals surface area contributed by atoms with Crippen LogP contribution in [0.5, 0.6) is 0 Å². The molecule has 1 amide bonds. The highest BCUT2D eigenvalue weighted by molar-refractivity contribution is 5.79. The molecule has 0 aliphatic carbocycles. The van der Waals surface area contributed by atoms with Crippen LogP contribution in [0.4, 0.5) is 23.4 Å². The number of rotatable bonds is 3. The topological polar surface area (TPSA) is 49.3 Å². The lowest BCUT2D eigenvalue weighted by Gasteiger charge is -2.46. The largest absolute Gasteiger partial charge is 0.354 e. The molecule has 2 saturated heterocycles. The molecule has 1 aromatic carbocycles. The summed E-state index contributed by atoms with van der Waals surface area (Å²) < 4.78 is 57.3. The third-order valence-electron chi connectivity index (χ3n) is 6.15. The lowest BCUT2D eigenvalue weighted by Crippen LogP contribution is -2.58. The van der Waals surface area contributed by atoms with Crippen molar-refractivity contribution in [3.8, 4) is 0 Å². The van der Waals surface area contributed by atoms with Crippen molar-refractivity contribution in [2.75, 3.05) is 31.1 Å². The summed E-state index contributed by atoms with van der Waals surface area (Å²) in [6.07, 6.45) is -0.621. The molecule has 2 aliphatic rings. The molecule has 1 spiro atoms. The van der Waals surface area contributed by atoms with E-state index in [0.717, 1.165) is 11.8 Å². The molecule has 0 bridgehead atoms.